The molecule has 8 heteroatoms. The lowest BCUT2D eigenvalue weighted by molar-refractivity contribution is 0.0692. The third kappa shape index (κ3) is 2.06. The van der Waals surface area contributed by atoms with E-state index >= 15 is 0 Å². The second-order valence-electron chi connectivity index (χ2n) is 4.24. The fraction of sp³-hybridized carbons (Fsp3) is 0.154. The van der Waals surface area contributed by atoms with Gasteiger partial charge in [-0.15, -0.1) is 0 Å². The molecule has 1 aromatic carbocycles. The van der Waals surface area contributed by atoms with E-state index in [9.17, 15) is 4.79 Å². The van der Waals surface area contributed by atoms with Gasteiger partial charge in [0.15, 0.2) is 23.0 Å². The van der Waals surface area contributed by atoms with Crippen molar-refractivity contribution >= 4 is 17.0 Å². The first-order chi connectivity index (χ1) is 10.1. The van der Waals surface area contributed by atoms with E-state index in [0.717, 1.165) is 0 Å². The summed E-state index contributed by atoms with van der Waals surface area (Å²) in [6.07, 6.45) is 1.31. The number of ether oxygens (including phenoxy) is 2. The van der Waals surface area contributed by atoms with E-state index in [0.29, 0.717) is 28.4 Å². The van der Waals surface area contributed by atoms with Crippen molar-refractivity contribution in [2.45, 2.75) is 0 Å². The van der Waals surface area contributed by atoms with Crippen LogP contribution in [0.3, 0.4) is 0 Å². The van der Waals surface area contributed by atoms with Crippen molar-refractivity contribution in [3.63, 3.8) is 0 Å². The Morgan fingerprint density at radius 3 is 2.62 bits per heavy atom. The molecule has 0 bridgehead atoms. The smallest absolute Gasteiger partial charge is 0.354 e. The van der Waals surface area contributed by atoms with Gasteiger partial charge in [0.05, 0.1) is 31.6 Å². The lowest BCUT2D eigenvalue weighted by Gasteiger charge is -2.06. The fourth-order valence-electron chi connectivity index (χ4n) is 2.09. The van der Waals surface area contributed by atoms with Crippen LogP contribution in [0.4, 0.5) is 0 Å². The lowest BCUT2D eigenvalue weighted by atomic mass is 10.3. The minimum atomic E-state index is -1.10. The lowest BCUT2D eigenvalue weighted by Crippen LogP contribution is -1.99. The van der Waals surface area contributed by atoms with Crippen LogP contribution in [0.15, 0.2) is 18.5 Å². The van der Waals surface area contributed by atoms with Crippen LogP contribution in [0.25, 0.3) is 22.6 Å². The molecule has 0 spiro atoms. The van der Waals surface area contributed by atoms with Gasteiger partial charge in [-0.3, -0.25) is 0 Å². The van der Waals surface area contributed by atoms with Gasteiger partial charge in [0.1, 0.15) is 5.69 Å². The summed E-state index contributed by atoms with van der Waals surface area (Å²) in [5.41, 5.74) is 1.55. The highest BCUT2D eigenvalue weighted by molar-refractivity contribution is 5.93. The predicted octanol–water partition coefficient (Wildman–Crippen LogP) is 1.67. The zero-order valence-electron chi connectivity index (χ0n) is 11.3. The van der Waals surface area contributed by atoms with Crippen molar-refractivity contribution in [1.29, 1.82) is 0 Å². The molecule has 0 radical (unpaired) electrons. The molecular weight excluding hydrogens is 276 g/mol. The second kappa shape index (κ2) is 4.82. The molecule has 0 aliphatic heterocycles. The number of hydrogen-bond acceptors (Lipinski definition) is 5. The largest absolute Gasteiger partial charge is 0.493 e. The Morgan fingerprint density at radius 1 is 1.24 bits per heavy atom. The zero-order valence-corrected chi connectivity index (χ0v) is 11.3. The summed E-state index contributed by atoms with van der Waals surface area (Å²) < 4.78 is 10.4. The van der Waals surface area contributed by atoms with Crippen molar-refractivity contribution in [2.75, 3.05) is 14.2 Å². The maximum Gasteiger partial charge on any atom is 0.354 e. The first-order valence-corrected chi connectivity index (χ1v) is 6.02. The average molecular weight is 288 g/mol. The van der Waals surface area contributed by atoms with Gasteiger partial charge in [0.2, 0.25) is 0 Å². The number of carbonyl (C=O) groups is 1. The molecule has 8 nitrogen and oxygen atoms in total. The summed E-state index contributed by atoms with van der Waals surface area (Å²) in [7, 11) is 3.07. The van der Waals surface area contributed by atoms with Gasteiger partial charge in [-0.2, -0.15) is 0 Å². The van der Waals surface area contributed by atoms with Crippen LogP contribution in [0.5, 0.6) is 11.5 Å². The van der Waals surface area contributed by atoms with Crippen LogP contribution < -0.4 is 9.47 Å². The Labute approximate surface area is 118 Å². The molecule has 108 valence electrons. The van der Waals surface area contributed by atoms with Crippen LogP contribution in [-0.4, -0.2) is 45.2 Å². The third-order valence-electron chi connectivity index (χ3n) is 3.06. The molecule has 0 fully saturated rings. The van der Waals surface area contributed by atoms with E-state index < -0.39 is 5.97 Å². The summed E-state index contributed by atoms with van der Waals surface area (Å²) in [6, 6.07) is 3.44. The van der Waals surface area contributed by atoms with E-state index in [2.05, 4.69) is 19.9 Å². The molecular formula is C13H12N4O4. The number of hydrogen-bond donors (Lipinski definition) is 3. The van der Waals surface area contributed by atoms with Crippen LogP contribution >= 0.6 is 0 Å². The number of nitrogens with zero attached hydrogens (tertiary/aromatic N) is 2. The molecule has 0 saturated carbocycles. The maximum atomic E-state index is 11.1. The van der Waals surface area contributed by atoms with Crippen LogP contribution in [-0.2, 0) is 0 Å². The van der Waals surface area contributed by atoms with Gasteiger partial charge >= 0.3 is 5.97 Å². The summed E-state index contributed by atoms with van der Waals surface area (Å²) in [6.45, 7) is 0. The van der Waals surface area contributed by atoms with Crippen molar-refractivity contribution in [1.82, 2.24) is 19.9 Å². The highest BCUT2D eigenvalue weighted by Gasteiger charge is 2.18. The normalized spacial score (nSPS) is 10.8. The van der Waals surface area contributed by atoms with Gasteiger partial charge in [0, 0.05) is 12.1 Å². The Balaban J connectivity index is 2.17. The first kappa shape index (κ1) is 13.0. The molecule has 0 amide bonds. The molecule has 0 aliphatic carbocycles. The number of imidazole rings is 2. The van der Waals surface area contributed by atoms with E-state index in [1.54, 1.807) is 12.1 Å². The summed E-state index contributed by atoms with van der Waals surface area (Å²) in [4.78, 5) is 25.1. The van der Waals surface area contributed by atoms with Crippen LogP contribution in [0.1, 0.15) is 10.5 Å². The van der Waals surface area contributed by atoms with Gasteiger partial charge in [-0.05, 0) is 0 Å². The van der Waals surface area contributed by atoms with E-state index in [1.807, 2.05) is 0 Å². The second-order valence-corrected chi connectivity index (χ2v) is 4.24. The Kier molecular flexibility index (Phi) is 2.98. The number of H-pyrrole nitrogens is 2. The molecule has 3 rings (SSSR count). The summed E-state index contributed by atoms with van der Waals surface area (Å²) in [5, 5.41) is 9.10. The fourth-order valence-corrected chi connectivity index (χ4v) is 2.09. The van der Waals surface area contributed by atoms with Gasteiger partial charge in [-0.1, -0.05) is 0 Å². The molecule has 3 aromatic rings. The topological polar surface area (TPSA) is 113 Å². The van der Waals surface area contributed by atoms with E-state index in [1.165, 1.54) is 20.5 Å². The van der Waals surface area contributed by atoms with E-state index in [4.69, 9.17) is 14.6 Å². The number of benzene rings is 1. The summed E-state index contributed by atoms with van der Waals surface area (Å²) in [5.74, 6) is 0.362. The number of aromatic nitrogens is 4. The van der Waals surface area contributed by atoms with Gasteiger partial charge in [0.25, 0.3) is 0 Å². The minimum Gasteiger partial charge on any atom is -0.493 e. The van der Waals surface area contributed by atoms with Crippen LogP contribution in [0, 0.1) is 0 Å². The molecule has 0 unspecified atom stereocenters. The maximum absolute atomic E-state index is 11.1. The molecule has 2 aromatic heterocycles. The number of aromatic carboxylic acids is 1. The molecule has 0 atom stereocenters. The standard InChI is InChI=1S/C13H12N4O4/c1-20-8-3-6-7(4-9(8)21-2)17-12(16-6)10-11(13(18)19)15-5-14-10/h3-5H,1-2H3,(H,14,15)(H,16,17)(H,18,19). The number of aromatic amines is 2. The number of nitrogens with one attached hydrogen (secondary N) is 2. The number of fused-ring (bicyclic) bond motifs is 1. The van der Waals surface area contributed by atoms with Crippen molar-refractivity contribution in [3.8, 4) is 23.0 Å². The highest BCUT2D eigenvalue weighted by atomic mass is 16.5. The number of carboxylic acid groups (broad SMARTS) is 1. The SMILES string of the molecule is COc1cc2nc(-c3nc[nH]c3C(=O)O)[nH]c2cc1OC. The Morgan fingerprint density at radius 2 is 1.95 bits per heavy atom. The van der Waals surface area contributed by atoms with Crippen LogP contribution in [0.2, 0.25) is 0 Å². The quantitative estimate of drug-likeness (QED) is 0.673. The van der Waals surface area contributed by atoms with Crippen molar-refractivity contribution in [2.24, 2.45) is 0 Å². The minimum absolute atomic E-state index is 0.0204. The zero-order chi connectivity index (χ0) is 15.0. The molecule has 21 heavy (non-hydrogen) atoms. The Hall–Kier alpha value is -3.03. The Bertz CT molecular complexity index is 780. The molecule has 3 N–H and O–H groups in total. The van der Waals surface area contributed by atoms with Crippen molar-refractivity contribution in [3.05, 3.63) is 24.2 Å². The van der Waals surface area contributed by atoms with E-state index in [-0.39, 0.29) is 11.4 Å². The molecule has 0 aliphatic rings. The number of carboxylic acids is 1. The molecule has 0 saturated heterocycles. The predicted molar refractivity (Wildman–Crippen MR) is 73.7 cm³/mol. The monoisotopic (exact) mass is 288 g/mol. The number of rotatable bonds is 4. The first-order valence-electron chi connectivity index (χ1n) is 6.02. The molecule has 2 heterocycles. The van der Waals surface area contributed by atoms with Gasteiger partial charge < -0.3 is 24.5 Å². The number of methoxy groups -OCH3 is 2. The average Bonchev–Trinajstić information content (AvgIpc) is 3.11. The summed E-state index contributed by atoms with van der Waals surface area (Å²) >= 11 is 0. The van der Waals surface area contributed by atoms with Gasteiger partial charge in [-0.25, -0.2) is 14.8 Å². The highest BCUT2D eigenvalue weighted by Crippen LogP contribution is 2.32. The van der Waals surface area contributed by atoms with Crippen molar-refractivity contribution < 1.29 is 19.4 Å². The third-order valence-corrected chi connectivity index (χ3v) is 3.06.